The van der Waals surface area contributed by atoms with E-state index in [9.17, 15) is 9.59 Å². The fraction of sp³-hybridized carbons (Fsp3) is 0.270. The van der Waals surface area contributed by atoms with E-state index in [0.717, 1.165) is 16.8 Å². The quantitative estimate of drug-likeness (QED) is 0.183. The van der Waals surface area contributed by atoms with E-state index >= 15 is 4.39 Å². The number of benzene rings is 4. The van der Waals surface area contributed by atoms with Gasteiger partial charge in [0, 0.05) is 47.2 Å². The van der Waals surface area contributed by atoms with Gasteiger partial charge in [-0.2, -0.15) is 0 Å². The van der Waals surface area contributed by atoms with Crippen molar-refractivity contribution in [1.29, 1.82) is 0 Å². The molecule has 3 aliphatic rings. The Bertz CT molecular complexity index is 2120. The van der Waals surface area contributed by atoms with E-state index in [-0.39, 0.29) is 24.4 Å². The minimum absolute atomic E-state index is 0. The molecule has 1 saturated heterocycles. The van der Waals surface area contributed by atoms with Crippen LogP contribution in [0.2, 0.25) is 10.0 Å². The van der Waals surface area contributed by atoms with Crippen LogP contribution in [-0.4, -0.2) is 46.1 Å². The fourth-order valence-electron chi connectivity index (χ4n) is 8.08. The van der Waals surface area contributed by atoms with Crippen LogP contribution in [0.1, 0.15) is 59.1 Å². The van der Waals surface area contributed by atoms with Crippen LogP contribution in [0, 0.1) is 5.82 Å². The largest absolute Gasteiger partial charge is 0.494 e. The molecule has 1 fully saturated rings. The molecule has 4 aromatic carbocycles. The molecule has 8 rings (SSSR count). The van der Waals surface area contributed by atoms with Gasteiger partial charge in [0.15, 0.2) is 0 Å². The highest BCUT2D eigenvalue weighted by molar-refractivity contribution is 6.31. The maximum Gasteiger partial charge on any atom is 0.337 e. The Labute approximate surface area is 287 Å². The van der Waals surface area contributed by atoms with E-state index in [1.54, 1.807) is 36.4 Å². The van der Waals surface area contributed by atoms with Crippen LogP contribution < -0.4 is 10.1 Å². The molecule has 0 radical (unpaired) electrons. The number of imidazole rings is 1. The number of carbonyl (C=O) groups excluding carboxylic acids is 2. The number of aromatic nitrogens is 2. The van der Waals surface area contributed by atoms with Crippen molar-refractivity contribution in [3.05, 3.63) is 123 Å². The van der Waals surface area contributed by atoms with Gasteiger partial charge < -0.3 is 19.4 Å². The van der Waals surface area contributed by atoms with E-state index in [4.69, 9.17) is 37.7 Å². The zero-order valence-corrected chi connectivity index (χ0v) is 27.0. The molecule has 4 atom stereocenters. The van der Waals surface area contributed by atoms with Crippen molar-refractivity contribution < 1.29 is 23.5 Å². The minimum atomic E-state index is -1.34. The van der Waals surface area contributed by atoms with Gasteiger partial charge in [0.25, 0.3) is 0 Å². The van der Waals surface area contributed by atoms with Gasteiger partial charge in [-0.25, -0.2) is 14.2 Å². The lowest BCUT2D eigenvalue weighted by molar-refractivity contribution is -0.128. The average Bonchev–Trinajstić information content (AvgIpc) is 3.75. The molecular formula is C37H33Cl2FN4O4. The SMILES string of the molecule is C.CCOc1cccc(CN2[C@H]3Cn4c(nc5cc(C(=O)OC)ccc54)[C@H]3[C@H](c3cccc(Cl)c3F)[C@]23C(=O)Nc2cc(Cl)ccc23)c1. The smallest absolute Gasteiger partial charge is 0.337 e. The van der Waals surface area contributed by atoms with Crippen molar-refractivity contribution in [2.45, 2.75) is 50.9 Å². The topological polar surface area (TPSA) is 85.7 Å². The molecule has 3 aliphatic heterocycles. The molecule has 0 bridgehead atoms. The lowest BCUT2D eigenvalue weighted by Crippen LogP contribution is -2.52. The number of methoxy groups -OCH3 is 1. The first-order chi connectivity index (χ1) is 22.8. The molecule has 8 nitrogen and oxygen atoms in total. The number of hydrogen-bond acceptors (Lipinski definition) is 6. The number of amides is 1. The Morgan fingerprint density at radius 1 is 1.08 bits per heavy atom. The highest BCUT2D eigenvalue weighted by atomic mass is 35.5. The van der Waals surface area contributed by atoms with Crippen molar-refractivity contribution >= 4 is 51.8 Å². The molecule has 0 unspecified atom stereocenters. The summed E-state index contributed by atoms with van der Waals surface area (Å²) in [6, 6.07) is 23.1. The van der Waals surface area contributed by atoms with Crippen LogP contribution in [-0.2, 0) is 28.2 Å². The maximum absolute atomic E-state index is 16.4. The standard InChI is InChI=1S/C36H29Cl2FN4O4.CH4/c1-3-47-22-7-4-6-19(14-22)17-43-29-18-42-28-13-10-20(34(44)46-2)15-27(28)40-33(42)30(29)31(23-8-5-9-25(38)32(23)39)36(43)24-12-11-21(37)16-26(24)41-35(36)45;/h4-16,29-31H,3,17-18H2,1-2H3,(H,41,45);1H4/t29-,30+,31-,36+;/m0./s1. The summed E-state index contributed by atoms with van der Waals surface area (Å²) in [5.41, 5.74) is 3.05. The van der Waals surface area contributed by atoms with Gasteiger partial charge in [0.2, 0.25) is 5.91 Å². The number of halogens is 3. The molecule has 11 heteroatoms. The zero-order valence-electron chi connectivity index (χ0n) is 25.5. The molecule has 5 aromatic rings. The molecule has 0 saturated carbocycles. The Morgan fingerprint density at radius 2 is 1.90 bits per heavy atom. The Morgan fingerprint density at radius 3 is 2.69 bits per heavy atom. The van der Waals surface area contributed by atoms with E-state index in [2.05, 4.69) is 14.8 Å². The summed E-state index contributed by atoms with van der Waals surface area (Å²) < 4.78 is 29.3. The Balaban J connectivity index is 0.00000364. The predicted octanol–water partition coefficient (Wildman–Crippen LogP) is 7.92. The number of rotatable bonds is 6. The third kappa shape index (κ3) is 4.55. The summed E-state index contributed by atoms with van der Waals surface area (Å²) in [5, 5.41) is 3.54. The minimum Gasteiger partial charge on any atom is -0.494 e. The molecule has 0 aliphatic carbocycles. The molecule has 246 valence electrons. The van der Waals surface area contributed by atoms with Crippen molar-refractivity contribution in [3.63, 3.8) is 0 Å². The molecular weight excluding hydrogens is 654 g/mol. The second kappa shape index (κ2) is 11.9. The van der Waals surface area contributed by atoms with Gasteiger partial charge in [-0.15, -0.1) is 0 Å². The maximum atomic E-state index is 16.4. The van der Waals surface area contributed by atoms with E-state index < -0.39 is 29.2 Å². The number of nitrogens with one attached hydrogen (secondary N) is 1. The monoisotopic (exact) mass is 686 g/mol. The van der Waals surface area contributed by atoms with Gasteiger partial charge >= 0.3 is 5.97 Å². The summed E-state index contributed by atoms with van der Waals surface area (Å²) in [5.74, 6) is -1.05. The third-order valence-corrected chi connectivity index (χ3v) is 10.3. The number of ether oxygens (including phenoxy) is 2. The normalized spacial score (nSPS) is 22.3. The molecule has 4 heterocycles. The molecule has 1 N–H and O–H groups in total. The first-order valence-corrected chi connectivity index (χ1v) is 16.1. The van der Waals surface area contributed by atoms with Gasteiger partial charge in [0.1, 0.15) is 22.9 Å². The van der Waals surface area contributed by atoms with Crippen molar-refractivity contribution in [2.24, 2.45) is 0 Å². The zero-order chi connectivity index (χ0) is 32.6. The summed E-state index contributed by atoms with van der Waals surface area (Å²) in [4.78, 5) is 34.4. The predicted molar refractivity (Wildman–Crippen MR) is 183 cm³/mol. The number of hydrogen-bond donors (Lipinski definition) is 1. The first kappa shape index (κ1) is 32.1. The van der Waals surface area contributed by atoms with Gasteiger partial charge in [0.05, 0.1) is 35.3 Å². The third-order valence-electron chi connectivity index (χ3n) is 9.81. The number of carbonyl (C=O) groups is 2. The second-order valence-electron chi connectivity index (χ2n) is 12.1. The number of likely N-dealkylation sites (tertiary alicyclic amines) is 1. The highest BCUT2D eigenvalue weighted by Gasteiger charge is 2.69. The van der Waals surface area contributed by atoms with Crippen molar-refractivity contribution in [2.75, 3.05) is 19.0 Å². The van der Waals surface area contributed by atoms with Crippen molar-refractivity contribution in [1.82, 2.24) is 14.5 Å². The summed E-state index contributed by atoms with van der Waals surface area (Å²) in [6.07, 6.45) is 0. The van der Waals surface area contributed by atoms with Crippen LogP contribution in [0.3, 0.4) is 0 Å². The van der Waals surface area contributed by atoms with Gasteiger partial charge in [-0.1, -0.05) is 61.0 Å². The number of esters is 1. The van der Waals surface area contributed by atoms with Crippen LogP contribution in [0.15, 0.2) is 78.9 Å². The van der Waals surface area contributed by atoms with Gasteiger partial charge in [-0.3, -0.25) is 9.69 Å². The number of fused-ring (bicyclic) bond motifs is 7. The van der Waals surface area contributed by atoms with E-state index in [1.807, 2.05) is 43.3 Å². The Hall–Kier alpha value is -4.44. The molecule has 48 heavy (non-hydrogen) atoms. The summed E-state index contributed by atoms with van der Waals surface area (Å²) in [7, 11) is 1.34. The first-order valence-electron chi connectivity index (χ1n) is 15.4. The molecule has 1 spiro atoms. The Kier molecular flexibility index (Phi) is 7.97. The lowest BCUT2D eigenvalue weighted by Gasteiger charge is -2.40. The molecule has 1 amide bonds. The van der Waals surface area contributed by atoms with Gasteiger partial charge in [-0.05, 0) is 66.6 Å². The van der Waals surface area contributed by atoms with Crippen LogP contribution in [0.25, 0.3) is 11.0 Å². The average molecular weight is 688 g/mol. The number of anilines is 1. The number of nitrogens with zero attached hydrogens (tertiary/aromatic N) is 3. The van der Waals surface area contributed by atoms with E-state index in [1.165, 1.54) is 13.2 Å². The lowest BCUT2D eigenvalue weighted by atomic mass is 9.71. The second-order valence-corrected chi connectivity index (χ2v) is 13.0. The highest BCUT2D eigenvalue weighted by Crippen LogP contribution is 2.65. The van der Waals surface area contributed by atoms with Crippen molar-refractivity contribution in [3.8, 4) is 5.75 Å². The van der Waals surface area contributed by atoms with Crippen LogP contribution >= 0.6 is 23.2 Å². The fourth-order valence-corrected chi connectivity index (χ4v) is 8.43. The molecule has 1 aromatic heterocycles. The summed E-state index contributed by atoms with van der Waals surface area (Å²) >= 11 is 12.9. The summed E-state index contributed by atoms with van der Waals surface area (Å²) in [6.45, 7) is 3.29. The van der Waals surface area contributed by atoms with Crippen LogP contribution in [0.5, 0.6) is 5.75 Å². The van der Waals surface area contributed by atoms with E-state index in [0.29, 0.717) is 58.4 Å². The van der Waals surface area contributed by atoms with Crippen LogP contribution in [0.4, 0.5) is 10.1 Å².